The minimum Gasteiger partial charge on any atom is -0.442 e. The van der Waals surface area contributed by atoms with Gasteiger partial charge in [-0.05, 0) is 20.8 Å². The lowest BCUT2D eigenvalue weighted by molar-refractivity contribution is 0.0523. The first-order chi connectivity index (χ1) is 8.28. The van der Waals surface area contributed by atoms with Gasteiger partial charge in [0, 0.05) is 6.07 Å². The van der Waals surface area contributed by atoms with Gasteiger partial charge in [0.1, 0.15) is 11.1 Å². The summed E-state index contributed by atoms with van der Waals surface area (Å²) in [5, 5.41) is 11.4. The predicted octanol–water partition coefficient (Wildman–Crippen LogP) is 1.85. The number of nitrogen functional groups attached to an aromatic ring is 1. The van der Waals surface area contributed by atoms with E-state index in [0.717, 1.165) is 4.68 Å². The van der Waals surface area contributed by atoms with E-state index in [2.05, 4.69) is 15.3 Å². The topological polar surface area (TPSA) is 95.9 Å². The van der Waals surface area contributed by atoms with Crippen molar-refractivity contribution in [3.8, 4) is 0 Å². The molecule has 0 saturated heterocycles. The number of anilines is 1. The van der Waals surface area contributed by atoms with E-state index in [1.54, 1.807) is 20.8 Å². The molecule has 0 saturated carbocycles. The average Bonchev–Trinajstić information content (AvgIpc) is 2.53. The second kappa shape index (κ2) is 4.09. The Morgan fingerprint density at radius 3 is 2.72 bits per heavy atom. The summed E-state index contributed by atoms with van der Waals surface area (Å²) >= 11 is 5.73. The second-order valence-electron chi connectivity index (χ2n) is 4.68. The van der Waals surface area contributed by atoms with Gasteiger partial charge in [0.2, 0.25) is 0 Å². The first-order valence-electron chi connectivity index (χ1n) is 5.19. The molecule has 0 spiro atoms. The highest BCUT2D eigenvalue weighted by molar-refractivity contribution is 6.29. The molecule has 18 heavy (non-hydrogen) atoms. The summed E-state index contributed by atoms with van der Waals surface area (Å²) in [4.78, 5) is 11.9. The molecule has 7 nitrogen and oxygen atoms in total. The smallest absolute Gasteiger partial charge is 0.435 e. The third-order valence-corrected chi connectivity index (χ3v) is 2.17. The van der Waals surface area contributed by atoms with Crippen LogP contribution in [0.5, 0.6) is 0 Å². The molecule has 8 heteroatoms. The summed E-state index contributed by atoms with van der Waals surface area (Å²) in [5.41, 5.74) is 5.69. The Morgan fingerprint density at radius 2 is 2.11 bits per heavy atom. The molecule has 0 atom stereocenters. The van der Waals surface area contributed by atoms with Gasteiger partial charge in [0.05, 0.1) is 0 Å². The zero-order valence-corrected chi connectivity index (χ0v) is 10.9. The summed E-state index contributed by atoms with van der Waals surface area (Å²) in [6.07, 6.45) is -0.645. The lowest BCUT2D eigenvalue weighted by Gasteiger charge is -2.19. The minimum absolute atomic E-state index is 0.0972. The van der Waals surface area contributed by atoms with Crippen molar-refractivity contribution in [2.45, 2.75) is 26.4 Å². The normalized spacial score (nSPS) is 11.8. The van der Waals surface area contributed by atoms with Crippen LogP contribution >= 0.6 is 11.6 Å². The number of carbonyl (C=O) groups excluding carboxylic acids is 1. The number of nitrogens with zero attached hydrogens (tertiary/aromatic N) is 4. The van der Waals surface area contributed by atoms with Gasteiger partial charge >= 0.3 is 6.09 Å². The van der Waals surface area contributed by atoms with Crippen molar-refractivity contribution in [3.63, 3.8) is 0 Å². The Labute approximate surface area is 108 Å². The quantitative estimate of drug-likeness (QED) is 0.784. The summed E-state index contributed by atoms with van der Waals surface area (Å²) in [6.45, 7) is 5.27. The standard InChI is InChI=1S/C10H12ClN5O2/c1-10(2,3)18-9(17)16-5-4-6(11)13-14-7(5)8(12)15-16/h4H,1-3H3,(H2,12,15). The Bertz CT molecular complexity index is 616. The number of fused-ring (bicyclic) bond motifs is 1. The molecule has 0 aliphatic heterocycles. The highest BCUT2D eigenvalue weighted by Gasteiger charge is 2.22. The fraction of sp³-hybridized carbons (Fsp3) is 0.400. The molecule has 96 valence electrons. The maximum absolute atomic E-state index is 11.9. The molecule has 0 radical (unpaired) electrons. The molecule has 2 rings (SSSR count). The van der Waals surface area contributed by atoms with E-state index >= 15 is 0 Å². The van der Waals surface area contributed by atoms with E-state index in [1.807, 2.05) is 0 Å². The van der Waals surface area contributed by atoms with Crippen molar-refractivity contribution in [2.24, 2.45) is 0 Å². The van der Waals surface area contributed by atoms with Crippen molar-refractivity contribution in [1.82, 2.24) is 20.0 Å². The number of hydrogen-bond donors (Lipinski definition) is 1. The summed E-state index contributed by atoms with van der Waals surface area (Å²) in [5.74, 6) is 0.0972. The van der Waals surface area contributed by atoms with Gasteiger partial charge in [0.25, 0.3) is 0 Å². The van der Waals surface area contributed by atoms with Crippen molar-refractivity contribution >= 4 is 34.5 Å². The third kappa shape index (κ3) is 2.35. The minimum atomic E-state index is -0.645. The number of hydrogen-bond acceptors (Lipinski definition) is 6. The SMILES string of the molecule is CC(C)(C)OC(=O)n1nc(N)c2nnc(Cl)cc21. The number of halogens is 1. The molecular weight excluding hydrogens is 258 g/mol. The summed E-state index contributed by atoms with van der Waals surface area (Å²) < 4.78 is 6.22. The number of rotatable bonds is 0. The third-order valence-electron chi connectivity index (χ3n) is 1.99. The molecule has 0 unspecified atom stereocenters. The Hall–Kier alpha value is -1.89. The Kier molecular flexibility index (Phi) is 2.86. The number of ether oxygens (including phenoxy) is 1. The van der Waals surface area contributed by atoms with Gasteiger partial charge < -0.3 is 10.5 Å². The zero-order chi connectivity index (χ0) is 13.5. The maximum Gasteiger partial charge on any atom is 0.435 e. The lowest BCUT2D eigenvalue weighted by Crippen LogP contribution is -2.27. The van der Waals surface area contributed by atoms with Crippen LogP contribution in [0.1, 0.15) is 20.8 Å². The molecule has 0 aliphatic rings. The van der Waals surface area contributed by atoms with Gasteiger partial charge in [-0.15, -0.1) is 15.3 Å². The van der Waals surface area contributed by atoms with Crippen LogP contribution in [-0.4, -0.2) is 31.7 Å². The Balaban J connectivity index is 2.51. The van der Waals surface area contributed by atoms with Crippen molar-refractivity contribution < 1.29 is 9.53 Å². The molecular formula is C10H12ClN5O2. The molecule has 2 heterocycles. The van der Waals surface area contributed by atoms with Crippen LogP contribution in [-0.2, 0) is 4.74 Å². The highest BCUT2D eigenvalue weighted by atomic mass is 35.5. The second-order valence-corrected chi connectivity index (χ2v) is 5.07. The fourth-order valence-corrected chi connectivity index (χ4v) is 1.50. The van der Waals surface area contributed by atoms with E-state index in [1.165, 1.54) is 6.07 Å². The summed E-state index contributed by atoms with van der Waals surface area (Å²) in [7, 11) is 0. The van der Waals surface area contributed by atoms with Crippen molar-refractivity contribution in [2.75, 3.05) is 5.73 Å². The van der Waals surface area contributed by atoms with Crippen LogP contribution in [0.25, 0.3) is 11.0 Å². The zero-order valence-electron chi connectivity index (χ0n) is 10.1. The molecule has 0 aliphatic carbocycles. The van der Waals surface area contributed by atoms with E-state index < -0.39 is 11.7 Å². The number of nitrogens with two attached hydrogens (primary N) is 1. The van der Waals surface area contributed by atoms with Crippen molar-refractivity contribution in [3.05, 3.63) is 11.2 Å². The first-order valence-corrected chi connectivity index (χ1v) is 5.56. The van der Waals surface area contributed by atoms with E-state index in [4.69, 9.17) is 22.1 Å². The molecule has 0 amide bonds. The van der Waals surface area contributed by atoms with Gasteiger partial charge in [-0.1, -0.05) is 11.6 Å². The van der Waals surface area contributed by atoms with Crippen LogP contribution < -0.4 is 5.73 Å². The van der Waals surface area contributed by atoms with E-state index in [0.29, 0.717) is 11.0 Å². The van der Waals surface area contributed by atoms with Crippen molar-refractivity contribution in [1.29, 1.82) is 0 Å². The van der Waals surface area contributed by atoms with E-state index in [9.17, 15) is 4.79 Å². The monoisotopic (exact) mass is 269 g/mol. The van der Waals surface area contributed by atoms with Crippen LogP contribution in [0.4, 0.5) is 10.6 Å². The molecule has 0 aromatic carbocycles. The van der Waals surface area contributed by atoms with Gasteiger partial charge in [-0.25, -0.2) is 4.79 Å². The first kappa shape index (κ1) is 12.6. The molecule has 0 bridgehead atoms. The van der Waals surface area contributed by atoms with Gasteiger partial charge in [-0.2, -0.15) is 4.68 Å². The molecule has 2 aromatic heterocycles. The van der Waals surface area contributed by atoms with E-state index in [-0.39, 0.29) is 11.0 Å². The number of aromatic nitrogens is 4. The highest BCUT2D eigenvalue weighted by Crippen LogP contribution is 2.21. The van der Waals surface area contributed by atoms with Crippen LogP contribution in [0.3, 0.4) is 0 Å². The molecule has 2 aromatic rings. The number of carbonyl (C=O) groups is 1. The van der Waals surface area contributed by atoms with Gasteiger partial charge in [-0.3, -0.25) is 0 Å². The maximum atomic E-state index is 11.9. The fourth-order valence-electron chi connectivity index (χ4n) is 1.36. The Morgan fingerprint density at radius 1 is 1.44 bits per heavy atom. The lowest BCUT2D eigenvalue weighted by atomic mass is 10.2. The average molecular weight is 270 g/mol. The van der Waals surface area contributed by atoms with Crippen LogP contribution in [0.2, 0.25) is 5.15 Å². The van der Waals surface area contributed by atoms with Crippen LogP contribution in [0.15, 0.2) is 6.07 Å². The summed E-state index contributed by atoms with van der Waals surface area (Å²) in [6, 6.07) is 1.46. The largest absolute Gasteiger partial charge is 0.442 e. The van der Waals surface area contributed by atoms with Crippen LogP contribution in [0, 0.1) is 0 Å². The van der Waals surface area contributed by atoms with Gasteiger partial charge in [0.15, 0.2) is 16.5 Å². The molecule has 0 fully saturated rings. The molecule has 2 N–H and O–H groups in total. The predicted molar refractivity (Wildman–Crippen MR) is 66.4 cm³/mol.